The molecule has 1 atom stereocenters. The molecule has 0 N–H and O–H groups in total. The third-order valence-corrected chi connectivity index (χ3v) is 6.67. The van der Waals surface area contributed by atoms with Gasteiger partial charge in [-0.05, 0) is 70.3 Å². The molecule has 4 heteroatoms. The number of anilines is 3. The van der Waals surface area contributed by atoms with Gasteiger partial charge in [-0.25, -0.2) is 0 Å². The molecule has 0 amide bonds. The van der Waals surface area contributed by atoms with Crippen LogP contribution in [-0.2, 0) is 4.79 Å². The maximum absolute atomic E-state index is 12.6. The predicted octanol–water partition coefficient (Wildman–Crippen LogP) is 6.00. The Kier molecular flexibility index (Phi) is 7.11. The molecule has 4 nitrogen and oxygen atoms in total. The van der Waals surface area contributed by atoms with Gasteiger partial charge in [-0.1, -0.05) is 42.5 Å². The molecule has 180 valence electrons. The number of benzene rings is 3. The lowest BCUT2D eigenvalue weighted by Gasteiger charge is -2.26. The lowest BCUT2D eigenvalue weighted by atomic mass is 9.78. The van der Waals surface area contributed by atoms with E-state index in [1.165, 1.54) is 11.1 Å². The summed E-state index contributed by atoms with van der Waals surface area (Å²) in [6.07, 6.45) is 4.25. The van der Waals surface area contributed by atoms with Crippen LogP contribution in [0.3, 0.4) is 0 Å². The van der Waals surface area contributed by atoms with E-state index in [1.54, 1.807) is 6.08 Å². The van der Waals surface area contributed by atoms with E-state index < -0.39 is 0 Å². The molecule has 3 aromatic carbocycles. The van der Waals surface area contributed by atoms with Gasteiger partial charge in [-0.15, -0.1) is 0 Å². The zero-order chi connectivity index (χ0) is 25.1. The van der Waals surface area contributed by atoms with Gasteiger partial charge in [0.05, 0.1) is 0 Å². The Balaban J connectivity index is 1.91. The van der Waals surface area contributed by atoms with Gasteiger partial charge in [-0.2, -0.15) is 0 Å². The summed E-state index contributed by atoms with van der Waals surface area (Å²) in [6, 6.07) is 26.0. The van der Waals surface area contributed by atoms with E-state index in [4.69, 9.17) is 0 Å². The topological polar surface area (TPSA) is 26.8 Å². The fraction of sp³-hybridized carbons (Fsp3) is 0.258. The van der Waals surface area contributed by atoms with Gasteiger partial charge in [0.1, 0.15) is 0 Å². The van der Waals surface area contributed by atoms with Gasteiger partial charge < -0.3 is 14.7 Å². The summed E-state index contributed by atoms with van der Waals surface area (Å²) in [4.78, 5) is 18.9. The van der Waals surface area contributed by atoms with Crippen LogP contribution in [0.1, 0.15) is 29.0 Å². The van der Waals surface area contributed by atoms with Crippen LogP contribution in [0.2, 0.25) is 0 Å². The molecule has 3 aromatic rings. The van der Waals surface area contributed by atoms with Crippen LogP contribution in [0.5, 0.6) is 0 Å². The zero-order valence-electron chi connectivity index (χ0n) is 21.6. The van der Waals surface area contributed by atoms with Gasteiger partial charge in [-0.3, -0.25) is 4.79 Å². The van der Waals surface area contributed by atoms with Crippen LogP contribution in [0.4, 0.5) is 17.1 Å². The summed E-state index contributed by atoms with van der Waals surface area (Å²) in [6.45, 7) is 0. The molecule has 1 unspecified atom stereocenters. The van der Waals surface area contributed by atoms with Crippen molar-refractivity contribution in [3.05, 3.63) is 107 Å². The first-order chi connectivity index (χ1) is 16.7. The number of hydrogen-bond acceptors (Lipinski definition) is 4. The quantitative estimate of drug-likeness (QED) is 0.446. The molecule has 0 spiro atoms. The number of carbonyl (C=O) groups is 1. The smallest absolute Gasteiger partial charge is 0.156 e. The largest absolute Gasteiger partial charge is 0.378 e. The average molecular weight is 466 g/mol. The molecule has 1 aliphatic carbocycles. The zero-order valence-corrected chi connectivity index (χ0v) is 21.6. The molecular weight excluding hydrogens is 430 g/mol. The summed E-state index contributed by atoms with van der Waals surface area (Å²) in [5.74, 6) is 0.168. The second-order valence-corrected chi connectivity index (χ2v) is 9.76. The second-order valence-electron chi connectivity index (χ2n) is 9.76. The first-order valence-corrected chi connectivity index (χ1v) is 12.0. The third kappa shape index (κ3) is 5.32. The Morgan fingerprint density at radius 2 is 1.00 bits per heavy atom. The summed E-state index contributed by atoms with van der Waals surface area (Å²) in [5.41, 5.74) is 9.28. The Morgan fingerprint density at radius 3 is 1.40 bits per heavy atom. The summed E-state index contributed by atoms with van der Waals surface area (Å²) < 4.78 is 0. The van der Waals surface area contributed by atoms with E-state index in [9.17, 15) is 4.79 Å². The molecule has 0 heterocycles. The highest BCUT2D eigenvalue weighted by atomic mass is 16.1. The minimum absolute atomic E-state index is 0.000706. The molecule has 0 radical (unpaired) electrons. The molecule has 0 aliphatic heterocycles. The fourth-order valence-electron chi connectivity index (χ4n) is 4.59. The Morgan fingerprint density at radius 1 is 0.600 bits per heavy atom. The second kappa shape index (κ2) is 10.2. The third-order valence-electron chi connectivity index (χ3n) is 6.67. The summed E-state index contributed by atoms with van der Waals surface area (Å²) in [7, 11) is 12.3. The van der Waals surface area contributed by atoms with Crippen LogP contribution in [0, 0.1) is 0 Å². The van der Waals surface area contributed by atoms with Gasteiger partial charge in [0, 0.05) is 71.7 Å². The van der Waals surface area contributed by atoms with E-state index in [2.05, 4.69) is 116 Å². The number of hydrogen-bond donors (Lipinski definition) is 0. The van der Waals surface area contributed by atoms with Gasteiger partial charge in [0.2, 0.25) is 0 Å². The predicted molar refractivity (Wildman–Crippen MR) is 150 cm³/mol. The number of allylic oxidation sites excluding steroid dienone is 3. The van der Waals surface area contributed by atoms with Crippen molar-refractivity contribution in [1.82, 2.24) is 0 Å². The fourth-order valence-corrected chi connectivity index (χ4v) is 4.59. The van der Waals surface area contributed by atoms with Crippen molar-refractivity contribution in [2.75, 3.05) is 57.0 Å². The first-order valence-electron chi connectivity index (χ1n) is 12.0. The lowest BCUT2D eigenvalue weighted by Crippen LogP contribution is -2.15. The van der Waals surface area contributed by atoms with Crippen molar-refractivity contribution >= 4 is 28.4 Å². The molecule has 1 aliphatic rings. The van der Waals surface area contributed by atoms with Gasteiger partial charge in [0.25, 0.3) is 0 Å². The monoisotopic (exact) mass is 465 g/mol. The SMILES string of the molecule is CN(C)c1ccc(C(=C2C=CC(=O)CC2c2ccc(N(C)C)cc2)c2ccc(N(C)C)cc2)cc1. The lowest BCUT2D eigenvalue weighted by molar-refractivity contribution is -0.115. The minimum atomic E-state index is 0.000706. The van der Waals surface area contributed by atoms with Crippen molar-refractivity contribution in [3.63, 3.8) is 0 Å². The van der Waals surface area contributed by atoms with E-state index in [1.807, 2.05) is 20.2 Å². The van der Waals surface area contributed by atoms with Crippen molar-refractivity contribution in [2.45, 2.75) is 12.3 Å². The van der Waals surface area contributed by atoms with E-state index in [-0.39, 0.29) is 11.7 Å². The molecule has 0 saturated heterocycles. The first kappa shape index (κ1) is 24.3. The highest BCUT2D eigenvalue weighted by Crippen LogP contribution is 2.41. The molecule has 0 aromatic heterocycles. The number of carbonyl (C=O) groups excluding carboxylic acids is 1. The van der Waals surface area contributed by atoms with Gasteiger partial charge in [0.15, 0.2) is 5.78 Å². The van der Waals surface area contributed by atoms with Crippen molar-refractivity contribution < 1.29 is 4.79 Å². The van der Waals surface area contributed by atoms with Gasteiger partial charge >= 0.3 is 0 Å². The molecule has 0 saturated carbocycles. The van der Waals surface area contributed by atoms with Crippen LogP contribution in [0.25, 0.3) is 5.57 Å². The number of ketones is 1. The van der Waals surface area contributed by atoms with Crippen LogP contribution < -0.4 is 14.7 Å². The number of rotatable bonds is 6. The average Bonchev–Trinajstić information content (AvgIpc) is 2.85. The van der Waals surface area contributed by atoms with Crippen LogP contribution >= 0.6 is 0 Å². The van der Waals surface area contributed by atoms with E-state index in [0.29, 0.717) is 6.42 Å². The molecule has 0 fully saturated rings. The van der Waals surface area contributed by atoms with Crippen molar-refractivity contribution in [3.8, 4) is 0 Å². The Labute approximate surface area is 209 Å². The molecular formula is C31H35N3O. The van der Waals surface area contributed by atoms with E-state index >= 15 is 0 Å². The highest BCUT2D eigenvalue weighted by Gasteiger charge is 2.26. The van der Waals surface area contributed by atoms with Crippen LogP contribution in [0.15, 0.2) is 90.5 Å². The van der Waals surface area contributed by atoms with Crippen molar-refractivity contribution in [1.29, 1.82) is 0 Å². The van der Waals surface area contributed by atoms with Crippen LogP contribution in [-0.4, -0.2) is 48.1 Å². The van der Waals surface area contributed by atoms with Crippen molar-refractivity contribution in [2.24, 2.45) is 0 Å². The Hall–Kier alpha value is -3.79. The maximum Gasteiger partial charge on any atom is 0.156 e. The molecule has 35 heavy (non-hydrogen) atoms. The maximum atomic E-state index is 12.6. The minimum Gasteiger partial charge on any atom is -0.378 e. The summed E-state index contributed by atoms with van der Waals surface area (Å²) >= 11 is 0. The molecule has 4 rings (SSSR count). The molecule has 0 bridgehead atoms. The standard InChI is InChI=1S/C31H35N3O/c1-32(2)25-13-7-22(8-14-25)30-21-28(35)19-20-29(30)31(23-9-15-26(16-10-23)33(3)4)24-11-17-27(18-12-24)34(5)6/h7-20,30H,21H2,1-6H3. The number of nitrogens with zero attached hydrogens (tertiary/aromatic N) is 3. The summed E-state index contributed by atoms with van der Waals surface area (Å²) in [5, 5.41) is 0. The highest BCUT2D eigenvalue weighted by molar-refractivity contribution is 5.96. The normalized spacial score (nSPS) is 15.2. The van der Waals surface area contributed by atoms with E-state index in [0.717, 1.165) is 33.8 Å². The Bertz CT molecular complexity index is 1180.